The van der Waals surface area contributed by atoms with E-state index in [1.165, 1.54) is 0 Å². The molecule has 0 atom stereocenters. The molecule has 1 heterocycles. The van der Waals surface area contributed by atoms with Crippen molar-refractivity contribution in [1.82, 2.24) is 4.98 Å². The van der Waals surface area contributed by atoms with Gasteiger partial charge in [0, 0.05) is 17.1 Å². The fourth-order valence-corrected chi connectivity index (χ4v) is 2.48. The van der Waals surface area contributed by atoms with E-state index in [9.17, 15) is 0 Å². The number of hydrogen-bond donors (Lipinski definition) is 0. The molecule has 3 rings (SSSR count). The van der Waals surface area contributed by atoms with Gasteiger partial charge < -0.3 is 14.2 Å². The standard InChI is InChI=1S/C18H17NO3/c1-20-16-6-4-5-12-9-15(19-11-14(12)16)13-7-8-17(21-2)18(10-13)22-3/h4-11H,1-3H3. The van der Waals surface area contributed by atoms with Crippen molar-refractivity contribution in [2.45, 2.75) is 0 Å². The van der Waals surface area contributed by atoms with E-state index < -0.39 is 0 Å². The highest BCUT2D eigenvalue weighted by atomic mass is 16.5. The largest absolute Gasteiger partial charge is 0.496 e. The summed E-state index contributed by atoms with van der Waals surface area (Å²) in [5, 5.41) is 2.08. The number of pyridine rings is 1. The van der Waals surface area contributed by atoms with E-state index in [0.717, 1.165) is 27.8 Å². The van der Waals surface area contributed by atoms with Crippen molar-refractivity contribution in [2.75, 3.05) is 21.3 Å². The zero-order valence-electron chi connectivity index (χ0n) is 12.8. The first kappa shape index (κ1) is 14.2. The normalized spacial score (nSPS) is 10.5. The summed E-state index contributed by atoms with van der Waals surface area (Å²) in [4.78, 5) is 4.54. The molecule has 0 bridgehead atoms. The van der Waals surface area contributed by atoms with Crippen LogP contribution in [-0.4, -0.2) is 26.3 Å². The highest BCUT2D eigenvalue weighted by Gasteiger charge is 2.09. The van der Waals surface area contributed by atoms with Gasteiger partial charge in [0.05, 0.1) is 27.0 Å². The molecule has 112 valence electrons. The van der Waals surface area contributed by atoms with E-state index >= 15 is 0 Å². The quantitative estimate of drug-likeness (QED) is 0.731. The zero-order valence-corrected chi connectivity index (χ0v) is 12.8. The number of nitrogens with zero attached hydrogens (tertiary/aromatic N) is 1. The second kappa shape index (κ2) is 5.93. The smallest absolute Gasteiger partial charge is 0.161 e. The molecule has 4 nitrogen and oxygen atoms in total. The molecule has 0 saturated carbocycles. The van der Waals surface area contributed by atoms with Crippen molar-refractivity contribution in [3.63, 3.8) is 0 Å². The molecule has 3 aromatic rings. The van der Waals surface area contributed by atoms with Gasteiger partial charge in [0.25, 0.3) is 0 Å². The molecule has 0 aliphatic heterocycles. The number of methoxy groups -OCH3 is 3. The Morgan fingerprint density at radius 3 is 2.27 bits per heavy atom. The first-order chi connectivity index (χ1) is 10.8. The summed E-state index contributed by atoms with van der Waals surface area (Å²) < 4.78 is 16.0. The third-order valence-corrected chi connectivity index (χ3v) is 3.62. The van der Waals surface area contributed by atoms with Crippen LogP contribution in [0, 0.1) is 0 Å². The summed E-state index contributed by atoms with van der Waals surface area (Å²) in [5.74, 6) is 2.21. The molecular weight excluding hydrogens is 278 g/mol. The molecule has 4 heteroatoms. The van der Waals surface area contributed by atoms with E-state index in [1.54, 1.807) is 21.3 Å². The van der Waals surface area contributed by atoms with Crippen LogP contribution < -0.4 is 14.2 Å². The summed E-state index contributed by atoms with van der Waals surface area (Å²) >= 11 is 0. The molecule has 0 unspecified atom stereocenters. The molecule has 22 heavy (non-hydrogen) atoms. The van der Waals surface area contributed by atoms with Gasteiger partial charge in [0.15, 0.2) is 11.5 Å². The summed E-state index contributed by atoms with van der Waals surface area (Å²) in [6.07, 6.45) is 1.83. The summed E-state index contributed by atoms with van der Waals surface area (Å²) in [5.41, 5.74) is 1.85. The molecule has 0 spiro atoms. The summed E-state index contributed by atoms with van der Waals surface area (Å²) in [7, 11) is 4.91. The maximum absolute atomic E-state index is 5.36. The van der Waals surface area contributed by atoms with Crippen molar-refractivity contribution >= 4 is 10.8 Å². The number of rotatable bonds is 4. The Kier molecular flexibility index (Phi) is 3.83. The number of aromatic nitrogens is 1. The Morgan fingerprint density at radius 2 is 1.55 bits per heavy atom. The van der Waals surface area contributed by atoms with Crippen LogP contribution in [0.3, 0.4) is 0 Å². The Labute approximate surface area is 129 Å². The fraction of sp³-hybridized carbons (Fsp3) is 0.167. The Hall–Kier alpha value is -2.75. The van der Waals surface area contributed by atoms with Gasteiger partial charge in [-0.1, -0.05) is 12.1 Å². The van der Waals surface area contributed by atoms with E-state index in [2.05, 4.69) is 4.98 Å². The third kappa shape index (κ3) is 2.44. The molecule has 1 aromatic heterocycles. The molecule has 0 amide bonds. The van der Waals surface area contributed by atoms with Gasteiger partial charge in [0.1, 0.15) is 5.75 Å². The first-order valence-electron chi connectivity index (χ1n) is 6.92. The number of fused-ring (bicyclic) bond motifs is 1. The van der Waals surface area contributed by atoms with Gasteiger partial charge in [-0.3, -0.25) is 4.98 Å². The van der Waals surface area contributed by atoms with Crippen molar-refractivity contribution in [3.05, 3.63) is 48.7 Å². The summed E-state index contributed by atoms with van der Waals surface area (Å²) in [6, 6.07) is 13.8. The van der Waals surface area contributed by atoms with E-state index in [-0.39, 0.29) is 0 Å². The average molecular weight is 295 g/mol. The van der Waals surface area contributed by atoms with Crippen LogP contribution in [0.25, 0.3) is 22.0 Å². The molecule has 0 saturated heterocycles. The van der Waals surface area contributed by atoms with Crippen LogP contribution >= 0.6 is 0 Å². The maximum Gasteiger partial charge on any atom is 0.161 e. The van der Waals surface area contributed by atoms with E-state index in [1.807, 2.05) is 48.7 Å². The van der Waals surface area contributed by atoms with Crippen molar-refractivity contribution in [3.8, 4) is 28.5 Å². The van der Waals surface area contributed by atoms with Crippen molar-refractivity contribution in [2.24, 2.45) is 0 Å². The SMILES string of the molecule is COc1ccc(-c2cc3cccc(OC)c3cn2)cc1OC. The minimum Gasteiger partial charge on any atom is -0.496 e. The first-order valence-corrected chi connectivity index (χ1v) is 6.92. The van der Waals surface area contributed by atoms with Crippen molar-refractivity contribution in [1.29, 1.82) is 0 Å². The minimum absolute atomic E-state index is 0.688. The monoisotopic (exact) mass is 295 g/mol. The van der Waals surface area contributed by atoms with E-state index in [4.69, 9.17) is 14.2 Å². The van der Waals surface area contributed by atoms with Gasteiger partial charge in [0.2, 0.25) is 0 Å². The Morgan fingerprint density at radius 1 is 0.773 bits per heavy atom. The second-order valence-corrected chi connectivity index (χ2v) is 4.82. The number of ether oxygens (including phenoxy) is 3. The average Bonchev–Trinajstić information content (AvgIpc) is 2.59. The van der Waals surface area contributed by atoms with Crippen LogP contribution in [0.15, 0.2) is 48.7 Å². The highest BCUT2D eigenvalue weighted by molar-refractivity contribution is 5.90. The highest BCUT2D eigenvalue weighted by Crippen LogP contribution is 2.33. The second-order valence-electron chi connectivity index (χ2n) is 4.82. The molecule has 0 aliphatic rings. The minimum atomic E-state index is 0.688. The number of benzene rings is 2. The van der Waals surface area contributed by atoms with E-state index in [0.29, 0.717) is 11.5 Å². The molecular formula is C18H17NO3. The van der Waals surface area contributed by atoms with Gasteiger partial charge >= 0.3 is 0 Å². The maximum atomic E-state index is 5.36. The van der Waals surface area contributed by atoms with Crippen LogP contribution in [-0.2, 0) is 0 Å². The molecule has 0 radical (unpaired) electrons. The van der Waals surface area contributed by atoms with Gasteiger partial charge in [-0.15, -0.1) is 0 Å². The molecule has 0 fully saturated rings. The molecule has 2 aromatic carbocycles. The lowest BCUT2D eigenvalue weighted by atomic mass is 10.1. The zero-order chi connectivity index (χ0) is 15.5. The topological polar surface area (TPSA) is 40.6 Å². The van der Waals surface area contributed by atoms with Gasteiger partial charge in [-0.05, 0) is 35.7 Å². The predicted molar refractivity (Wildman–Crippen MR) is 86.8 cm³/mol. The Bertz CT molecular complexity index is 815. The lowest BCUT2D eigenvalue weighted by Gasteiger charge is -2.10. The van der Waals surface area contributed by atoms with Crippen LogP contribution in [0.1, 0.15) is 0 Å². The molecule has 0 aliphatic carbocycles. The van der Waals surface area contributed by atoms with Crippen LogP contribution in [0.4, 0.5) is 0 Å². The van der Waals surface area contributed by atoms with Gasteiger partial charge in [-0.2, -0.15) is 0 Å². The molecule has 0 N–H and O–H groups in total. The lowest BCUT2D eigenvalue weighted by Crippen LogP contribution is -1.92. The fourth-order valence-electron chi connectivity index (χ4n) is 2.48. The van der Waals surface area contributed by atoms with Crippen LogP contribution in [0.5, 0.6) is 17.2 Å². The van der Waals surface area contributed by atoms with Crippen LogP contribution in [0.2, 0.25) is 0 Å². The van der Waals surface area contributed by atoms with Crippen molar-refractivity contribution < 1.29 is 14.2 Å². The summed E-state index contributed by atoms with van der Waals surface area (Å²) in [6.45, 7) is 0. The number of hydrogen-bond acceptors (Lipinski definition) is 4. The predicted octanol–water partition coefficient (Wildman–Crippen LogP) is 3.93. The van der Waals surface area contributed by atoms with Gasteiger partial charge in [-0.25, -0.2) is 0 Å². The third-order valence-electron chi connectivity index (χ3n) is 3.62. The Balaban J connectivity index is 2.10. The lowest BCUT2D eigenvalue weighted by molar-refractivity contribution is 0.355.